The molecule has 1 saturated heterocycles. The summed E-state index contributed by atoms with van der Waals surface area (Å²) in [5.41, 5.74) is 2.83. The third-order valence-corrected chi connectivity index (χ3v) is 4.24. The van der Waals surface area contributed by atoms with Crippen LogP contribution in [0.25, 0.3) is 0 Å². The van der Waals surface area contributed by atoms with E-state index in [0.717, 1.165) is 39.3 Å². The van der Waals surface area contributed by atoms with Crippen molar-refractivity contribution in [1.82, 2.24) is 4.90 Å². The Hall–Kier alpha value is -1.35. The van der Waals surface area contributed by atoms with Crippen LogP contribution in [0.5, 0.6) is 0 Å². The third kappa shape index (κ3) is 4.57. The van der Waals surface area contributed by atoms with Crippen LogP contribution < -0.4 is 0 Å². The van der Waals surface area contributed by atoms with E-state index in [4.69, 9.17) is 4.74 Å². The summed E-state index contributed by atoms with van der Waals surface area (Å²) in [5, 5.41) is 0. The van der Waals surface area contributed by atoms with Crippen LogP contribution in [-0.4, -0.2) is 37.7 Å². The van der Waals surface area contributed by atoms with Crippen molar-refractivity contribution in [2.75, 3.05) is 32.8 Å². The first-order valence-corrected chi connectivity index (χ1v) is 7.83. The third-order valence-electron chi connectivity index (χ3n) is 4.24. The minimum Gasteiger partial charge on any atom is -0.379 e. The van der Waals surface area contributed by atoms with Crippen LogP contribution in [0.4, 0.5) is 0 Å². The molecule has 0 bridgehead atoms. The van der Waals surface area contributed by atoms with Gasteiger partial charge < -0.3 is 4.74 Å². The minimum atomic E-state index is 0. The first kappa shape index (κ1) is 17.0. The smallest absolute Gasteiger partial charge is 0.0594 e. The maximum absolute atomic E-state index is 5.43. The molecule has 118 valence electrons. The van der Waals surface area contributed by atoms with Gasteiger partial charge in [-0.05, 0) is 24.1 Å². The Balaban J connectivity index is 0.00000176. The SMILES string of the molecule is Cl.c1ccc(C(CCN2CCOCC2)c2ccccc2)cc1. The summed E-state index contributed by atoms with van der Waals surface area (Å²) in [6.07, 6.45) is 1.16. The summed E-state index contributed by atoms with van der Waals surface area (Å²) in [6, 6.07) is 21.7. The van der Waals surface area contributed by atoms with Crippen molar-refractivity contribution in [3.05, 3.63) is 71.8 Å². The van der Waals surface area contributed by atoms with Gasteiger partial charge in [0.1, 0.15) is 0 Å². The largest absolute Gasteiger partial charge is 0.379 e. The fourth-order valence-corrected chi connectivity index (χ4v) is 3.03. The van der Waals surface area contributed by atoms with E-state index in [1.165, 1.54) is 11.1 Å². The van der Waals surface area contributed by atoms with Gasteiger partial charge in [-0.1, -0.05) is 60.7 Å². The molecular formula is C19H24ClNO. The Morgan fingerprint density at radius 2 is 1.32 bits per heavy atom. The lowest BCUT2D eigenvalue weighted by Gasteiger charge is -2.28. The molecule has 2 nitrogen and oxygen atoms in total. The van der Waals surface area contributed by atoms with Crippen molar-refractivity contribution in [3.63, 3.8) is 0 Å². The van der Waals surface area contributed by atoms with Crippen LogP contribution in [0.1, 0.15) is 23.5 Å². The van der Waals surface area contributed by atoms with Crippen molar-refractivity contribution >= 4 is 12.4 Å². The highest BCUT2D eigenvalue weighted by molar-refractivity contribution is 5.85. The minimum absolute atomic E-state index is 0. The molecule has 1 fully saturated rings. The van der Waals surface area contributed by atoms with E-state index in [2.05, 4.69) is 65.6 Å². The van der Waals surface area contributed by atoms with E-state index >= 15 is 0 Å². The molecule has 1 heterocycles. The van der Waals surface area contributed by atoms with Crippen molar-refractivity contribution < 1.29 is 4.74 Å². The normalized spacial score (nSPS) is 15.5. The molecule has 0 radical (unpaired) electrons. The highest BCUT2D eigenvalue weighted by Crippen LogP contribution is 2.28. The summed E-state index contributed by atoms with van der Waals surface area (Å²) in [7, 11) is 0. The van der Waals surface area contributed by atoms with E-state index < -0.39 is 0 Å². The maximum atomic E-state index is 5.43. The van der Waals surface area contributed by atoms with Gasteiger partial charge in [-0.3, -0.25) is 4.90 Å². The Labute approximate surface area is 139 Å². The van der Waals surface area contributed by atoms with Crippen molar-refractivity contribution in [3.8, 4) is 0 Å². The Kier molecular flexibility index (Phi) is 6.91. The number of ether oxygens (including phenoxy) is 1. The first-order chi connectivity index (χ1) is 10.4. The summed E-state index contributed by atoms with van der Waals surface area (Å²) in [5.74, 6) is 0.482. The van der Waals surface area contributed by atoms with Gasteiger partial charge in [-0.15, -0.1) is 12.4 Å². The molecular weight excluding hydrogens is 294 g/mol. The monoisotopic (exact) mass is 317 g/mol. The van der Waals surface area contributed by atoms with Crippen LogP contribution in [0, 0.1) is 0 Å². The van der Waals surface area contributed by atoms with E-state index in [1.54, 1.807) is 0 Å². The zero-order valence-corrected chi connectivity index (χ0v) is 13.7. The van der Waals surface area contributed by atoms with Crippen LogP contribution in [0.15, 0.2) is 60.7 Å². The molecule has 0 saturated carbocycles. The Morgan fingerprint density at radius 3 is 1.82 bits per heavy atom. The number of halogens is 1. The molecule has 0 N–H and O–H groups in total. The fraction of sp³-hybridized carbons (Fsp3) is 0.368. The highest BCUT2D eigenvalue weighted by atomic mass is 35.5. The number of rotatable bonds is 5. The van der Waals surface area contributed by atoms with Crippen molar-refractivity contribution in [1.29, 1.82) is 0 Å². The van der Waals surface area contributed by atoms with Gasteiger partial charge in [-0.25, -0.2) is 0 Å². The fourth-order valence-electron chi connectivity index (χ4n) is 3.03. The molecule has 0 unspecified atom stereocenters. The van der Waals surface area contributed by atoms with E-state index in [0.29, 0.717) is 5.92 Å². The van der Waals surface area contributed by atoms with E-state index in [9.17, 15) is 0 Å². The highest BCUT2D eigenvalue weighted by Gasteiger charge is 2.17. The molecule has 1 aliphatic heterocycles. The number of benzene rings is 2. The number of nitrogens with zero attached hydrogens (tertiary/aromatic N) is 1. The lowest BCUT2D eigenvalue weighted by Crippen LogP contribution is -2.37. The predicted octanol–water partition coefficient (Wildman–Crippen LogP) is 3.96. The van der Waals surface area contributed by atoms with Crippen LogP contribution in [0.3, 0.4) is 0 Å². The topological polar surface area (TPSA) is 12.5 Å². The molecule has 0 aliphatic carbocycles. The molecule has 0 atom stereocenters. The van der Waals surface area contributed by atoms with Crippen LogP contribution in [-0.2, 0) is 4.74 Å². The number of hydrogen-bond donors (Lipinski definition) is 0. The lowest BCUT2D eigenvalue weighted by atomic mass is 9.88. The quantitative estimate of drug-likeness (QED) is 0.827. The second-order valence-electron chi connectivity index (χ2n) is 5.62. The Bertz CT molecular complexity index is 486. The van der Waals surface area contributed by atoms with Gasteiger partial charge in [0.2, 0.25) is 0 Å². The molecule has 0 aromatic heterocycles. The average Bonchev–Trinajstić information content (AvgIpc) is 2.58. The molecule has 0 amide bonds. The number of morpholine rings is 1. The summed E-state index contributed by atoms with van der Waals surface area (Å²) in [4.78, 5) is 2.52. The second-order valence-corrected chi connectivity index (χ2v) is 5.62. The number of hydrogen-bond acceptors (Lipinski definition) is 2. The molecule has 0 spiro atoms. The standard InChI is InChI=1S/C19H23NO.ClH/c1-3-7-17(8-4-1)19(18-9-5-2-6-10-18)11-12-20-13-15-21-16-14-20;/h1-10,19H,11-16H2;1H. The second kappa shape index (κ2) is 8.94. The molecule has 3 rings (SSSR count). The summed E-state index contributed by atoms with van der Waals surface area (Å²) >= 11 is 0. The predicted molar refractivity (Wildman–Crippen MR) is 93.9 cm³/mol. The van der Waals surface area contributed by atoms with Gasteiger partial charge >= 0.3 is 0 Å². The van der Waals surface area contributed by atoms with Gasteiger partial charge in [0, 0.05) is 19.0 Å². The van der Waals surface area contributed by atoms with Crippen LogP contribution in [0.2, 0.25) is 0 Å². The molecule has 3 heteroatoms. The van der Waals surface area contributed by atoms with E-state index in [1.807, 2.05) is 0 Å². The summed E-state index contributed by atoms with van der Waals surface area (Å²) in [6.45, 7) is 5.02. The first-order valence-electron chi connectivity index (χ1n) is 7.83. The van der Waals surface area contributed by atoms with Gasteiger partial charge in [0.25, 0.3) is 0 Å². The summed E-state index contributed by atoms with van der Waals surface area (Å²) < 4.78 is 5.43. The lowest BCUT2D eigenvalue weighted by molar-refractivity contribution is 0.0369. The zero-order chi connectivity index (χ0) is 14.3. The van der Waals surface area contributed by atoms with Gasteiger partial charge in [0.15, 0.2) is 0 Å². The average molecular weight is 318 g/mol. The van der Waals surface area contributed by atoms with E-state index in [-0.39, 0.29) is 12.4 Å². The Morgan fingerprint density at radius 1 is 0.818 bits per heavy atom. The van der Waals surface area contributed by atoms with Gasteiger partial charge in [0.05, 0.1) is 13.2 Å². The molecule has 22 heavy (non-hydrogen) atoms. The zero-order valence-electron chi connectivity index (χ0n) is 12.9. The molecule has 2 aromatic rings. The van der Waals surface area contributed by atoms with Gasteiger partial charge in [-0.2, -0.15) is 0 Å². The molecule has 2 aromatic carbocycles. The van der Waals surface area contributed by atoms with Crippen molar-refractivity contribution in [2.45, 2.75) is 12.3 Å². The van der Waals surface area contributed by atoms with Crippen LogP contribution >= 0.6 is 12.4 Å². The maximum Gasteiger partial charge on any atom is 0.0594 e. The van der Waals surface area contributed by atoms with Crippen molar-refractivity contribution in [2.24, 2.45) is 0 Å². The molecule has 1 aliphatic rings.